The van der Waals surface area contributed by atoms with Gasteiger partial charge in [-0.05, 0) is 32.4 Å². The summed E-state index contributed by atoms with van der Waals surface area (Å²) >= 11 is 3.45. The molecular formula is C9H18BrNO. The molecule has 1 fully saturated rings. The van der Waals surface area contributed by atoms with Crippen molar-refractivity contribution in [3.63, 3.8) is 0 Å². The topological polar surface area (TPSA) is 12.5 Å². The van der Waals surface area contributed by atoms with Gasteiger partial charge in [0.25, 0.3) is 0 Å². The Labute approximate surface area is 83.4 Å². The first-order valence-electron chi connectivity index (χ1n) is 4.68. The Morgan fingerprint density at radius 3 is 3.08 bits per heavy atom. The lowest BCUT2D eigenvalue weighted by atomic mass is 10.1. The number of alkyl halides is 1. The van der Waals surface area contributed by atoms with Crippen molar-refractivity contribution in [3.05, 3.63) is 0 Å². The number of hydrogen-bond donors (Lipinski definition) is 0. The molecule has 0 radical (unpaired) electrons. The van der Waals surface area contributed by atoms with Crippen LogP contribution in [0.2, 0.25) is 0 Å². The van der Waals surface area contributed by atoms with Gasteiger partial charge in [0.2, 0.25) is 0 Å². The first-order chi connectivity index (χ1) is 5.86. The van der Waals surface area contributed by atoms with Crippen molar-refractivity contribution < 1.29 is 4.74 Å². The number of hydrogen-bond acceptors (Lipinski definition) is 2. The molecule has 72 valence electrons. The molecule has 0 aromatic rings. The Kier molecular flexibility index (Phi) is 5.19. The second-order valence-corrected chi connectivity index (χ2v) is 4.14. The molecule has 1 atom stereocenters. The first kappa shape index (κ1) is 10.5. The maximum atomic E-state index is 5.35. The fourth-order valence-electron chi connectivity index (χ4n) is 1.69. The molecule has 0 bridgehead atoms. The Bertz CT molecular complexity index is 121. The predicted octanol–water partition coefficient (Wildman–Crippen LogP) is 1.88. The van der Waals surface area contributed by atoms with Gasteiger partial charge < -0.3 is 9.64 Å². The molecule has 2 nitrogen and oxygen atoms in total. The third-order valence-corrected chi connectivity index (χ3v) is 2.96. The molecule has 1 unspecified atom stereocenters. The number of piperidine rings is 1. The lowest BCUT2D eigenvalue weighted by Gasteiger charge is -2.31. The van der Waals surface area contributed by atoms with E-state index in [1.54, 1.807) is 0 Å². The van der Waals surface area contributed by atoms with Crippen molar-refractivity contribution in [2.45, 2.75) is 25.4 Å². The van der Waals surface area contributed by atoms with E-state index in [0.717, 1.165) is 11.9 Å². The van der Waals surface area contributed by atoms with Crippen LogP contribution in [0.25, 0.3) is 0 Å². The lowest BCUT2D eigenvalue weighted by molar-refractivity contribution is 0.0316. The highest BCUT2D eigenvalue weighted by atomic mass is 79.9. The molecule has 12 heavy (non-hydrogen) atoms. The van der Waals surface area contributed by atoms with Gasteiger partial charge in [0.05, 0.1) is 6.10 Å². The zero-order valence-corrected chi connectivity index (χ0v) is 9.35. The largest absolute Gasteiger partial charge is 0.380 e. The summed E-state index contributed by atoms with van der Waals surface area (Å²) in [5.74, 6) is 0. The first-order valence-corrected chi connectivity index (χ1v) is 5.80. The van der Waals surface area contributed by atoms with Gasteiger partial charge in [-0.15, -0.1) is 0 Å². The number of rotatable bonds is 4. The molecule has 0 amide bonds. The molecule has 0 aliphatic carbocycles. The Balaban J connectivity index is 2.16. The van der Waals surface area contributed by atoms with Crippen molar-refractivity contribution in [1.29, 1.82) is 0 Å². The summed E-state index contributed by atoms with van der Waals surface area (Å²) in [4.78, 5) is 2.50. The van der Waals surface area contributed by atoms with Gasteiger partial charge >= 0.3 is 0 Å². The number of nitrogens with zero attached hydrogens (tertiary/aromatic N) is 1. The molecular weight excluding hydrogens is 218 g/mol. The molecule has 1 saturated heterocycles. The smallest absolute Gasteiger partial charge is 0.0698 e. The second-order valence-electron chi connectivity index (χ2n) is 3.34. The fourth-order valence-corrected chi connectivity index (χ4v) is 1.94. The van der Waals surface area contributed by atoms with Crippen LogP contribution in [0.4, 0.5) is 0 Å². The van der Waals surface area contributed by atoms with Crippen LogP contribution in [0.5, 0.6) is 0 Å². The summed E-state index contributed by atoms with van der Waals surface area (Å²) in [5.41, 5.74) is 0. The molecule has 0 spiro atoms. The maximum Gasteiger partial charge on any atom is 0.0698 e. The number of likely N-dealkylation sites (tertiary alicyclic amines) is 1. The number of ether oxygens (including phenoxy) is 1. The minimum atomic E-state index is 0.481. The van der Waals surface area contributed by atoms with Crippen LogP contribution >= 0.6 is 15.9 Å². The van der Waals surface area contributed by atoms with Gasteiger partial charge in [-0.2, -0.15) is 0 Å². The molecule has 1 aliphatic heterocycles. The van der Waals surface area contributed by atoms with Gasteiger partial charge in [0.1, 0.15) is 0 Å². The SMILES string of the molecule is COC1CCCN(CCCBr)C1. The van der Waals surface area contributed by atoms with E-state index in [1.807, 2.05) is 7.11 Å². The zero-order chi connectivity index (χ0) is 8.81. The van der Waals surface area contributed by atoms with Crippen LogP contribution in [0.15, 0.2) is 0 Å². The third-order valence-electron chi connectivity index (χ3n) is 2.40. The van der Waals surface area contributed by atoms with Gasteiger partial charge in [0, 0.05) is 19.0 Å². The van der Waals surface area contributed by atoms with Crippen LogP contribution in [0.1, 0.15) is 19.3 Å². The highest BCUT2D eigenvalue weighted by Crippen LogP contribution is 2.12. The van der Waals surface area contributed by atoms with Crippen LogP contribution < -0.4 is 0 Å². The summed E-state index contributed by atoms with van der Waals surface area (Å²) in [5, 5.41) is 1.11. The maximum absolute atomic E-state index is 5.35. The fraction of sp³-hybridized carbons (Fsp3) is 1.00. The zero-order valence-electron chi connectivity index (χ0n) is 7.76. The van der Waals surface area contributed by atoms with Crippen molar-refractivity contribution in [1.82, 2.24) is 4.90 Å². The lowest BCUT2D eigenvalue weighted by Crippen LogP contribution is -2.39. The van der Waals surface area contributed by atoms with Gasteiger partial charge in [-0.3, -0.25) is 0 Å². The van der Waals surface area contributed by atoms with Crippen LogP contribution in [0, 0.1) is 0 Å². The molecule has 0 N–H and O–H groups in total. The third kappa shape index (κ3) is 3.42. The average molecular weight is 236 g/mol. The summed E-state index contributed by atoms with van der Waals surface area (Å²) in [6, 6.07) is 0. The Morgan fingerprint density at radius 1 is 1.58 bits per heavy atom. The van der Waals surface area contributed by atoms with Crippen LogP contribution in [-0.4, -0.2) is 43.1 Å². The highest BCUT2D eigenvalue weighted by Gasteiger charge is 2.18. The molecule has 3 heteroatoms. The van der Waals surface area contributed by atoms with E-state index in [0.29, 0.717) is 6.10 Å². The number of halogens is 1. The minimum Gasteiger partial charge on any atom is -0.380 e. The predicted molar refractivity (Wildman–Crippen MR) is 54.9 cm³/mol. The minimum absolute atomic E-state index is 0.481. The van der Waals surface area contributed by atoms with E-state index in [9.17, 15) is 0 Å². The molecule has 0 aromatic heterocycles. The van der Waals surface area contributed by atoms with Crippen molar-refractivity contribution in [3.8, 4) is 0 Å². The average Bonchev–Trinajstić information content (AvgIpc) is 2.15. The van der Waals surface area contributed by atoms with Crippen LogP contribution in [-0.2, 0) is 4.74 Å². The second kappa shape index (κ2) is 5.95. The van der Waals surface area contributed by atoms with E-state index in [4.69, 9.17) is 4.74 Å². The summed E-state index contributed by atoms with van der Waals surface area (Å²) in [6.45, 7) is 3.60. The molecule has 1 heterocycles. The van der Waals surface area contributed by atoms with Crippen molar-refractivity contribution >= 4 is 15.9 Å². The quantitative estimate of drug-likeness (QED) is 0.691. The van der Waals surface area contributed by atoms with Crippen LogP contribution in [0.3, 0.4) is 0 Å². The normalized spacial score (nSPS) is 26.0. The van der Waals surface area contributed by atoms with Gasteiger partial charge in [0.15, 0.2) is 0 Å². The van der Waals surface area contributed by atoms with Gasteiger partial charge in [-0.25, -0.2) is 0 Å². The Morgan fingerprint density at radius 2 is 2.42 bits per heavy atom. The van der Waals surface area contributed by atoms with Gasteiger partial charge in [-0.1, -0.05) is 15.9 Å². The molecule has 1 aliphatic rings. The summed E-state index contributed by atoms with van der Waals surface area (Å²) < 4.78 is 5.35. The highest BCUT2D eigenvalue weighted by molar-refractivity contribution is 9.09. The molecule has 0 aromatic carbocycles. The van der Waals surface area contributed by atoms with E-state index < -0.39 is 0 Å². The Hall–Kier alpha value is 0.400. The monoisotopic (exact) mass is 235 g/mol. The van der Waals surface area contributed by atoms with E-state index in [1.165, 1.54) is 32.4 Å². The molecule has 1 rings (SSSR count). The number of methoxy groups -OCH3 is 1. The van der Waals surface area contributed by atoms with Crippen molar-refractivity contribution in [2.24, 2.45) is 0 Å². The molecule has 0 saturated carbocycles. The standard InChI is InChI=1S/C9H18BrNO/c1-12-9-4-2-6-11(8-9)7-3-5-10/h9H,2-8H2,1H3. The summed E-state index contributed by atoms with van der Waals surface area (Å²) in [6.07, 6.45) is 4.26. The summed E-state index contributed by atoms with van der Waals surface area (Å²) in [7, 11) is 1.82. The van der Waals surface area contributed by atoms with E-state index in [-0.39, 0.29) is 0 Å². The van der Waals surface area contributed by atoms with E-state index in [2.05, 4.69) is 20.8 Å². The van der Waals surface area contributed by atoms with E-state index >= 15 is 0 Å². The van der Waals surface area contributed by atoms with Crippen molar-refractivity contribution in [2.75, 3.05) is 32.1 Å².